The van der Waals surface area contributed by atoms with E-state index in [9.17, 15) is 4.79 Å². The molecule has 0 radical (unpaired) electrons. The highest BCUT2D eigenvalue weighted by molar-refractivity contribution is 5.78. The Morgan fingerprint density at radius 2 is 2.26 bits per heavy atom. The van der Waals surface area contributed by atoms with Crippen LogP contribution in [0.3, 0.4) is 0 Å². The summed E-state index contributed by atoms with van der Waals surface area (Å²) in [6.45, 7) is 5.39. The van der Waals surface area contributed by atoms with Gasteiger partial charge in [-0.15, -0.1) is 10.2 Å². The number of hydrogen-bond acceptors (Lipinski definition) is 4. The first-order chi connectivity index (χ1) is 11.2. The number of rotatable bonds is 6. The van der Waals surface area contributed by atoms with Crippen LogP contribution < -0.4 is 0 Å². The van der Waals surface area contributed by atoms with Crippen molar-refractivity contribution in [3.05, 3.63) is 12.2 Å². The average Bonchev–Trinajstić information content (AvgIpc) is 3.05. The summed E-state index contributed by atoms with van der Waals surface area (Å²) in [5.74, 6) is 2.36. The highest BCUT2D eigenvalue weighted by Gasteiger charge is 2.53. The number of likely N-dealkylation sites (tertiary alicyclic amines) is 1. The molecule has 1 saturated heterocycles. The van der Waals surface area contributed by atoms with Gasteiger partial charge in [-0.2, -0.15) is 0 Å². The highest BCUT2D eigenvalue weighted by Crippen LogP contribution is 2.55. The smallest absolute Gasteiger partial charge is 0.248 e. The Kier molecular flexibility index (Phi) is 3.87. The molecule has 23 heavy (non-hydrogen) atoms. The summed E-state index contributed by atoms with van der Waals surface area (Å²) >= 11 is 0. The van der Waals surface area contributed by atoms with Gasteiger partial charge in [-0.05, 0) is 43.9 Å². The summed E-state index contributed by atoms with van der Waals surface area (Å²) in [4.78, 5) is 14.4. The molecule has 0 aromatic carbocycles. The first kappa shape index (κ1) is 15.1. The fraction of sp³-hybridized carbons (Fsp3) is 0.824. The molecule has 1 atom stereocenters. The molecule has 3 aliphatic rings. The molecule has 1 spiro atoms. The molecule has 1 aromatic heterocycles. The van der Waals surface area contributed by atoms with Crippen LogP contribution >= 0.6 is 0 Å². The van der Waals surface area contributed by atoms with Crippen molar-refractivity contribution in [3.8, 4) is 0 Å². The molecule has 1 unspecified atom stereocenters. The molecular formula is C17H26N4O2. The van der Waals surface area contributed by atoms with Crippen LogP contribution in [0, 0.1) is 11.3 Å². The number of amides is 1. The number of carbonyl (C=O) groups is 1. The lowest BCUT2D eigenvalue weighted by Gasteiger charge is -2.42. The molecule has 2 aliphatic carbocycles. The van der Waals surface area contributed by atoms with Crippen LogP contribution in [0.5, 0.6) is 0 Å². The Labute approximate surface area is 137 Å². The minimum atomic E-state index is 0.119. The summed E-state index contributed by atoms with van der Waals surface area (Å²) in [6.07, 6.45) is 8.20. The van der Waals surface area contributed by atoms with Gasteiger partial charge in [0.25, 0.3) is 0 Å². The maximum Gasteiger partial charge on any atom is 0.248 e. The zero-order chi connectivity index (χ0) is 15.9. The van der Waals surface area contributed by atoms with Crippen LogP contribution in [-0.2, 0) is 16.1 Å². The van der Waals surface area contributed by atoms with Crippen molar-refractivity contribution >= 4 is 5.91 Å². The van der Waals surface area contributed by atoms with E-state index in [0.29, 0.717) is 12.5 Å². The monoisotopic (exact) mass is 318 g/mol. The summed E-state index contributed by atoms with van der Waals surface area (Å²) in [7, 11) is 0. The molecule has 0 N–H and O–H groups in total. The van der Waals surface area contributed by atoms with Crippen molar-refractivity contribution < 1.29 is 9.53 Å². The minimum Gasteiger partial charge on any atom is -0.372 e. The summed E-state index contributed by atoms with van der Waals surface area (Å²) in [6, 6.07) is 0. The molecule has 6 heteroatoms. The SMILES string of the molecule is CCOCC(=O)N1CC(c2nncn2CC2CC2)C2(CCC2)C1. The summed E-state index contributed by atoms with van der Waals surface area (Å²) in [5, 5.41) is 8.63. The zero-order valence-corrected chi connectivity index (χ0v) is 13.9. The van der Waals surface area contributed by atoms with Crippen molar-refractivity contribution in [1.29, 1.82) is 0 Å². The molecule has 1 aromatic rings. The first-order valence-electron chi connectivity index (χ1n) is 8.95. The Bertz CT molecular complexity index is 577. The lowest BCUT2D eigenvalue weighted by atomic mass is 9.62. The van der Waals surface area contributed by atoms with E-state index in [2.05, 4.69) is 14.8 Å². The molecule has 1 aliphatic heterocycles. The number of nitrogens with zero attached hydrogens (tertiary/aromatic N) is 4. The van der Waals surface area contributed by atoms with Crippen molar-refractivity contribution in [2.75, 3.05) is 26.3 Å². The largest absolute Gasteiger partial charge is 0.372 e. The van der Waals surface area contributed by atoms with Crippen molar-refractivity contribution in [2.24, 2.45) is 11.3 Å². The first-order valence-corrected chi connectivity index (χ1v) is 8.95. The standard InChI is InChI=1S/C17H26N4O2/c1-2-23-10-15(22)20-9-14(17(11-20)6-3-7-17)16-19-18-12-21(16)8-13-4-5-13/h12-14H,2-11H2,1H3. The predicted molar refractivity (Wildman–Crippen MR) is 84.8 cm³/mol. The fourth-order valence-electron chi connectivity index (χ4n) is 4.19. The van der Waals surface area contributed by atoms with Gasteiger partial charge >= 0.3 is 0 Å². The number of hydrogen-bond donors (Lipinski definition) is 0. The van der Waals surface area contributed by atoms with Gasteiger partial charge < -0.3 is 14.2 Å². The second-order valence-electron chi connectivity index (χ2n) is 7.46. The van der Waals surface area contributed by atoms with Crippen LogP contribution in [0.15, 0.2) is 6.33 Å². The highest BCUT2D eigenvalue weighted by atomic mass is 16.5. The van der Waals surface area contributed by atoms with Gasteiger partial charge in [0.1, 0.15) is 18.8 Å². The predicted octanol–water partition coefficient (Wildman–Crippen LogP) is 1.82. The Hall–Kier alpha value is -1.43. The third-order valence-electron chi connectivity index (χ3n) is 5.89. The van der Waals surface area contributed by atoms with E-state index in [-0.39, 0.29) is 17.9 Å². The van der Waals surface area contributed by atoms with E-state index in [0.717, 1.165) is 31.4 Å². The van der Waals surface area contributed by atoms with Gasteiger partial charge in [-0.25, -0.2) is 0 Å². The van der Waals surface area contributed by atoms with Crippen LogP contribution in [0.1, 0.15) is 50.8 Å². The fourth-order valence-corrected chi connectivity index (χ4v) is 4.19. The second kappa shape index (κ2) is 5.89. The van der Waals surface area contributed by atoms with Crippen LogP contribution in [-0.4, -0.2) is 51.9 Å². The van der Waals surface area contributed by atoms with E-state index >= 15 is 0 Å². The van der Waals surface area contributed by atoms with Crippen LogP contribution in [0.4, 0.5) is 0 Å². The third-order valence-corrected chi connectivity index (χ3v) is 5.89. The lowest BCUT2D eigenvalue weighted by molar-refractivity contribution is -0.135. The van der Waals surface area contributed by atoms with Gasteiger partial charge in [0.15, 0.2) is 0 Å². The van der Waals surface area contributed by atoms with Crippen LogP contribution in [0.2, 0.25) is 0 Å². The van der Waals surface area contributed by atoms with Crippen molar-refractivity contribution in [2.45, 2.75) is 51.5 Å². The molecule has 6 nitrogen and oxygen atoms in total. The molecule has 0 bridgehead atoms. The van der Waals surface area contributed by atoms with Gasteiger partial charge in [0.2, 0.25) is 5.91 Å². The summed E-state index contributed by atoms with van der Waals surface area (Å²) < 4.78 is 7.56. The number of ether oxygens (including phenoxy) is 1. The third kappa shape index (κ3) is 2.77. The zero-order valence-electron chi connectivity index (χ0n) is 13.9. The Morgan fingerprint density at radius 3 is 2.91 bits per heavy atom. The molecule has 4 rings (SSSR count). The van der Waals surface area contributed by atoms with Crippen molar-refractivity contribution in [1.82, 2.24) is 19.7 Å². The van der Waals surface area contributed by atoms with Crippen molar-refractivity contribution in [3.63, 3.8) is 0 Å². The molecule has 3 fully saturated rings. The molecule has 2 saturated carbocycles. The lowest BCUT2D eigenvalue weighted by Crippen LogP contribution is -2.39. The average molecular weight is 318 g/mol. The maximum absolute atomic E-state index is 12.4. The quantitative estimate of drug-likeness (QED) is 0.803. The van der Waals surface area contributed by atoms with Gasteiger partial charge in [0, 0.05) is 32.2 Å². The van der Waals surface area contributed by atoms with E-state index in [4.69, 9.17) is 4.74 Å². The Balaban J connectivity index is 1.52. The summed E-state index contributed by atoms with van der Waals surface area (Å²) in [5.41, 5.74) is 0.232. The topological polar surface area (TPSA) is 60.2 Å². The van der Waals surface area contributed by atoms with E-state index in [1.807, 2.05) is 18.2 Å². The molecule has 126 valence electrons. The van der Waals surface area contributed by atoms with Crippen LogP contribution in [0.25, 0.3) is 0 Å². The van der Waals surface area contributed by atoms with Gasteiger partial charge in [-0.1, -0.05) is 6.42 Å². The molecular weight excluding hydrogens is 292 g/mol. The molecule has 2 heterocycles. The molecule has 1 amide bonds. The normalized spacial score (nSPS) is 25.8. The van der Waals surface area contributed by atoms with E-state index in [1.165, 1.54) is 32.1 Å². The maximum atomic E-state index is 12.4. The van der Waals surface area contributed by atoms with Gasteiger partial charge in [-0.3, -0.25) is 4.79 Å². The minimum absolute atomic E-state index is 0.119. The Morgan fingerprint density at radius 1 is 1.43 bits per heavy atom. The van der Waals surface area contributed by atoms with Gasteiger partial charge in [0.05, 0.1) is 0 Å². The number of carbonyl (C=O) groups excluding carboxylic acids is 1. The second-order valence-corrected chi connectivity index (χ2v) is 7.46. The van der Waals surface area contributed by atoms with E-state index < -0.39 is 0 Å². The number of aromatic nitrogens is 3. The van der Waals surface area contributed by atoms with E-state index in [1.54, 1.807) is 0 Å².